The molecule has 122 valence electrons. The van der Waals surface area contributed by atoms with E-state index in [4.69, 9.17) is 9.84 Å². The van der Waals surface area contributed by atoms with E-state index >= 15 is 0 Å². The Morgan fingerprint density at radius 3 is 2.87 bits per heavy atom. The molecule has 9 heteroatoms. The third-order valence-electron chi connectivity index (χ3n) is 2.84. The molecule has 0 saturated carbocycles. The van der Waals surface area contributed by atoms with Gasteiger partial charge in [-0.3, -0.25) is 4.79 Å². The molecule has 7 nitrogen and oxygen atoms in total. The fourth-order valence-electron chi connectivity index (χ4n) is 1.79. The summed E-state index contributed by atoms with van der Waals surface area (Å²) in [5, 5.41) is 17.2. The fraction of sp³-hybridized carbons (Fsp3) is 0.214. The zero-order valence-electron chi connectivity index (χ0n) is 11.8. The maximum absolute atomic E-state index is 11.5. The topological polar surface area (TPSA) is 104 Å². The number of H-pyrrole nitrogens is 1. The van der Waals surface area contributed by atoms with Crippen LogP contribution in [-0.4, -0.2) is 34.5 Å². The predicted octanol–water partition coefficient (Wildman–Crippen LogP) is 3.00. The van der Waals surface area contributed by atoms with Gasteiger partial charge in [0, 0.05) is 12.1 Å². The molecule has 0 aliphatic heterocycles. The van der Waals surface area contributed by atoms with Gasteiger partial charge in [0.05, 0.1) is 11.1 Å². The van der Waals surface area contributed by atoms with Crippen LogP contribution in [0.4, 0.5) is 4.79 Å². The van der Waals surface area contributed by atoms with Crippen LogP contribution in [0.1, 0.15) is 6.42 Å². The van der Waals surface area contributed by atoms with Crippen LogP contribution >= 0.6 is 31.9 Å². The molecule has 0 radical (unpaired) electrons. The number of carboxylic acid groups (broad SMARTS) is 1. The summed E-state index contributed by atoms with van der Waals surface area (Å²) in [6.07, 6.45) is -0.491. The molecule has 0 fully saturated rings. The van der Waals surface area contributed by atoms with Crippen molar-refractivity contribution in [3.8, 4) is 17.0 Å². The molecular formula is C14H13Br2N3O4. The lowest BCUT2D eigenvalue weighted by Crippen LogP contribution is -2.23. The zero-order chi connectivity index (χ0) is 16.8. The van der Waals surface area contributed by atoms with E-state index in [1.165, 1.54) is 0 Å². The number of nitrogens with one attached hydrogen (secondary N) is 2. The molecule has 0 saturated heterocycles. The summed E-state index contributed by atoms with van der Waals surface area (Å²) < 4.78 is 6.51. The largest absolute Gasteiger partial charge is 0.494 e. The molecule has 23 heavy (non-hydrogen) atoms. The van der Waals surface area contributed by atoms with Gasteiger partial charge < -0.3 is 15.2 Å². The number of halogens is 2. The van der Waals surface area contributed by atoms with Gasteiger partial charge in [-0.1, -0.05) is 12.1 Å². The number of rotatable bonds is 6. The van der Waals surface area contributed by atoms with Crippen molar-refractivity contribution in [2.75, 3.05) is 13.2 Å². The lowest BCUT2D eigenvalue weighted by Gasteiger charge is -2.09. The minimum Gasteiger partial charge on any atom is -0.494 e. The second kappa shape index (κ2) is 8.11. The summed E-state index contributed by atoms with van der Waals surface area (Å²) in [5.41, 5.74) is 1.03. The average molecular weight is 447 g/mol. The van der Waals surface area contributed by atoms with Crippen LogP contribution < -0.4 is 15.6 Å². The first-order valence-electron chi connectivity index (χ1n) is 6.62. The number of hydrogen-bond acceptors (Lipinski definition) is 4. The van der Waals surface area contributed by atoms with Gasteiger partial charge in [0.15, 0.2) is 0 Å². The lowest BCUT2D eigenvalue weighted by molar-refractivity contribution is 0.193. The van der Waals surface area contributed by atoms with Gasteiger partial charge in [-0.2, -0.15) is 5.10 Å². The first kappa shape index (κ1) is 17.5. The highest BCUT2D eigenvalue weighted by Gasteiger charge is 2.12. The first-order chi connectivity index (χ1) is 11.0. The highest BCUT2D eigenvalue weighted by atomic mass is 79.9. The summed E-state index contributed by atoms with van der Waals surface area (Å²) in [7, 11) is 0. The van der Waals surface area contributed by atoms with Crippen molar-refractivity contribution < 1.29 is 14.6 Å². The van der Waals surface area contributed by atoms with Crippen molar-refractivity contribution >= 4 is 38.0 Å². The Morgan fingerprint density at radius 1 is 1.35 bits per heavy atom. The van der Waals surface area contributed by atoms with E-state index in [1.807, 2.05) is 12.1 Å². The van der Waals surface area contributed by atoms with Gasteiger partial charge in [-0.05, 0) is 50.4 Å². The van der Waals surface area contributed by atoms with E-state index in [0.29, 0.717) is 40.0 Å². The van der Waals surface area contributed by atoms with Gasteiger partial charge in [0.25, 0.3) is 5.56 Å². The maximum Gasteiger partial charge on any atom is 0.404 e. The van der Waals surface area contributed by atoms with Crippen LogP contribution in [0.3, 0.4) is 0 Å². The van der Waals surface area contributed by atoms with Gasteiger partial charge in [0.1, 0.15) is 15.9 Å². The van der Waals surface area contributed by atoms with Crippen molar-refractivity contribution in [3.05, 3.63) is 43.6 Å². The molecule has 3 N–H and O–H groups in total. The Balaban J connectivity index is 2.07. The Bertz CT molecular complexity index is 764. The molecule has 1 aromatic heterocycles. The summed E-state index contributed by atoms with van der Waals surface area (Å²) >= 11 is 6.54. The van der Waals surface area contributed by atoms with Gasteiger partial charge in [-0.25, -0.2) is 9.89 Å². The van der Waals surface area contributed by atoms with E-state index in [0.717, 1.165) is 5.56 Å². The molecule has 2 aromatic rings. The highest BCUT2D eigenvalue weighted by Crippen LogP contribution is 2.31. The van der Waals surface area contributed by atoms with Crippen molar-refractivity contribution in [2.24, 2.45) is 0 Å². The van der Waals surface area contributed by atoms with Crippen molar-refractivity contribution in [3.63, 3.8) is 0 Å². The molecule has 1 amide bonds. The Hall–Kier alpha value is -1.87. The molecule has 0 aliphatic carbocycles. The fourth-order valence-corrected chi connectivity index (χ4v) is 2.56. The minimum atomic E-state index is -1.05. The van der Waals surface area contributed by atoms with Gasteiger partial charge in [-0.15, -0.1) is 0 Å². The SMILES string of the molecule is O=C(O)NCCCOc1cccc(-c2n[nH]c(=O)c(Br)c2Br)c1. The summed E-state index contributed by atoms with van der Waals surface area (Å²) in [5.74, 6) is 0.633. The van der Waals surface area contributed by atoms with Crippen molar-refractivity contribution in [1.29, 1.82) is 0 Å². The third-order valence-corrected chi connectivity index (χ3v) is 4.90. The van der Waals surface area contributed by atoms with E-state index in [-0.39, 0.29) is 5.56 Å². The third kappa shape index (κ3) is 4.80. The Morgan fingerprint density at radius 2 is 2.13 bits per heavy atom. The number of nitrogens with zero attached hydrogens (tertiary/aromatic N) is 1. The van der Waals surface area contributed by atoms with E-state index in [9.17, 15) is 9.59 Å². The lowest BCUT2D eigenvalue weighted by atomic mass is 10.1. The van der Waals surface area contributed by atoms with Crippen LogP contribution in [-0.2, 0) is 0 Å². The molecule has 0 aliphatic rings. The molecule has 0 bridgehead atoms. The summed E-state index contributed by atoms with van der Waals surface area (Å²) in [4.78, 5) is 21.8. The molecular weight excluding hydrogens is 434 g/mol. The molecule has 1 heterocycles. The summed E-state index contributed by atoms with van der Waals surface area (Å²) in [6.45, 7) is 0.711. The maximum atomic E-state index is 11.5. The molecule has 2 rings (SSSR count). The van der Waals surface area contributed by atoms with Crippen LogP contribution in [0.25, 0.3) is 11.3 Å². The molecule has 0 unspecified atom stereocenters. The Kier molecular flexibility index (Phi) is 6.17. The monoisotopic (exact) mass is 445 g/mol. The van der Waals surface area contributed by atoms with E-state index in [1.54, 1.807) is 12.1 Å². The average Bonchev–Trinajstić information content (AvgIpc) is 2.52. The Labute approximate surface area is 148 Å². The van der Waals surface area contributed by atoms with Crippen molar-refractivity contribution in [2.45, 2.75) is 6.42 Å². The quantitative estimate of drug-likeness (QED) is 0.591. The molecule has 0 spiro atoms. The van der Waals surface area contributed by atoms with E-state index in [2.05, 4.69) is 47.4 Å². The number of aromatic nitrogens is 2. The smallest absolute Gasteiger partial charge is 0.404 e. The normalized spacial score (nSPS) is 10.3. The van der Waals surface area contributed by atoms with Crippen molar-refractivity contribution in [1.82, 2.24) is 15.5 Å². The number of aromatic amines is 1. The number of benzene rings is 1. The van der Waals surface area contributed by atoms with Crippen LogP contribution in [0.15, 0.2) is 38.0 Å². The number of carbonyl (C=O) groups is 1. The zero-order valence-corrected chi connectivity index (χ0v) is 15.0. The highest BCUT2D eigenvalue weighted by molar-refractivity contribution is 9.13. The second-order valence-corrected chi connectivity index (χ2v) is 6.08. The van der Waals surface area contributed by atoms with Gasteiger partial charge >= 0.3 is 6.09 Å². The standard InChI is InChI=1S/C14H13Br2N3O4/c15-10-11(16)13(20)19-18-12(10)8-3-1-4-9(7-8)23-6-2-5-17-14(21)22/h1,3-4,7,17H,2,5-6H2,(H,19,20)(H,21,22). The molecule has 1 aromatic carbocycles. The predicted molar refractivity (Wildman–Crippen MR) is 91.8 cm³/mol. The summed E-state index contributed by atoms with van der Waals surface area (Å²) in [6, 6.07) is 7.25. The number of hydrogen-bond donors (Lipinski definition) is 3. The van der Waals surface area contributed by atoms with Gasteiger partial charge in [0.2, 0.25) is 0 Å². The minimum absolute atomic E-state index is 0.320. The first-order valence-corrected chi connectivity index (χ1v) is 8.21. The van der Waals surface area contributed by atoms with Crippen LogP contribution in [0.5, 0.6) is 5.75 Å². The number of ether oxygens (including phenoxy) is 1. The van der Waals surface area contributed by atoms with Crippen LogP contribution in [0.2, 0.25) is 0 Å². The second-order valence-electron chi connectivity index (χ2n) is 4.49. The molecule has 0 atom stereocenters. The van der Waals surface area contributed by atoms with E-state index < -0.39 is 6.09 Å². The number of amides is 1. The van der Waals surface area contributed by atoms with Crippen LogP contribution in [0, 0.1) is 0 Å².